The Hall–Kier alpha value is -1.49. The third-order valence-corrected chi connectivity index (χ3v) is 4.31. The Morgan fingerprint density at radius 1 is 1.20 bits per heavy atom. The molecular weight excluding hydrogens is 274 g/mol. The van der Waals surface area contributed by atoms with Gasteiger partial charge in [-0.1, -0.05) is 6.07 Å². The Balaban J connectivity index is 1.82. The van der Waals surface area contributed by atoms with Crippen molar-refractivity contribution in [1.82, 2.24) is 5.32 Å². The van der Waals surface area contributed by atoms with E-state index in [0.29, 0.717) is 17.9 Å². The number of fused-ring (bicyclic) bond motifs is 1. The second kappa shape index (κ2) is 7.33. The Morgan fingerprint density at radius 2 is 1.95 bits per heavy atom. The molecule has 4 nitrogen and oxygen atoms in total. The molecule has 108 valence electrons. The first kappa shape index (κ1) is 14.9. The molecule has 5 heteroatoms. The zero-order valence-corrected chi connectivity index (χ0v) is 12.2. The highest BCUT2D eigenvalue weighted by Crippen LogP contribution is 2.22. The number of aliphatic carboxylic acids is 1. The quantitative estimate of drug-likeness (QED) is 0.788. The average molecular weight is 293 g/mol. The fraction of sp³-hybridized carbons (Fsp3) is 0.467. The van der Waals surface area contributed by atoms with E-state index in [9.17, 15) is 9.59 Å². The van der Waals surface area contributed by atoms with Crippen LogP contribution in [-0.4, -0.2) is 35.0 Å². The van der Waals surface area contributed by atoms with Gasteiger partial charge in [-0.05, 0) is 48.9 Å². The third-order valence-electron chi connectivity index (χ3n) is 3.37. The molecule has 0 radical (unpaired) electrons. The number of hydrogen-bond acceptors (Lipinski definition) is 3. The smallest absolute Gasteiger partial charge is 0.313 e. The van der Waals surface area contributed by atoms with Crippen molar-refractivity contribution in [2.45, 2.75) is 25.7 Å². The monoisotopic (exact) mass is 293 g/mol. The van der Waals surface area contributed by atoms with Crippen LogP contribution in [-0.2, 0) is 17.6 Å². The minimum atomic E-state index is -0.823. The largest absolute Gasteiger partial charge is 0.481 e. The summed E-state index contributed by atoms with van der Waals surface area (Å²) in [6, 6.07) is 5.93. The average Bonchev–Trinajstić information content (AvgIpc) is 2.46. The standard InChI is InChI=1S/C15H19NO3S/c17-14(18)10-20-8-7-16-15(19)13-6-5-11-3-1-2-4-12(11)9-13/h5-6,9H,1-4,7-8,10H2,(H,16,19)(H,17,18). The SMILES string of the molecule is O=C(O)CSCCNC(=O)c1ccc2c(c1)CCCC2. The number of carbonyl (C=O) groups is 2. The molecule has 0 saturated carbocycles. The Morgan fingerprint density at radius 3 is 2.70 bits per heavy atom. The van der Waals surface area contributed by atoms with E-state index in [4.69, 9.17) is 5.11 Å². The summed E-state index contributed by atoms with van der Waals surface area (Å²) in [5, 5.41) is 11.3. The van der Waals surface area contributed by atoms with Crippen LogP contribution < -0.4 is 5.32 Å². The first-order valence-corrected chi connectivity index (χ1v) is 8.02. The van der Waals surface area contributed by atoms with Gasteiger partial charge in [0, 0.05) is 17.9 Å². The molecule has 2 N–H and O–H groups in total. The normalized spacial score (nSPS) is 13.6. The Kier molecular flexibility index (Phi) is 5.47. The summed E-state index contributed by atoms with van der Waals surface area (Å²) in [5.41, 5.74) is 3.36. The maximum absolute atomic E-state index is 12.0. The number of carboxylic acids is 1. The lowest BCUT2D eigenvalue weighted by Crippen LogP contribution is -2.26. The van der Waals surface area contributed by atoms with Crippen LogP contribution in [0.15, 0.2) is 18.2 Å². The minimum Gasteiger partial charge on any atom is -0.481 e. The predicted molar refractivity (Wildman–Crippen MR) is 80.4 cm³/mol. The predicted octanol–water partition coefficient (Wildman–Crippen LogP) is 2.11. The van der Waals surface area contributed by atoms with Crippen molar-refractivity contribution in [1.29, 1.82) is 0 Å². The molecule has 0 atom stereocenters. The summed E-state index contributed by atoms with van der Waals surface area (Å²) in [4.78, 5) is 22.3. The van der Waals surface area contributed by atoms with E-state index in [-0.39, 0.29) is 11.7 Å². The van der Waals surface area contributed by atoms with Crippen LogP contribution in [0.2, 0.25) is 0 Å². The van der Waals surface area contributed by atoms with Crippen LogP contribution in [0.25, 0.3) is 0 Å². The van der Waals surface area contributed by atoms with Gasteiger partial charge in [0.05, 0.1) is 5.75 Å². The molecule has 2 rings (SSSR count). The zero-order chi connectivity index (χ0) is 14.4. The summed E-state index contributed by atoms with van der Waals surface area (Å²) in [6.07, 6.45) is 4.61. The van der Waals surface area contributed by atoms with E-state index >= 15 is 0 Å². The van der Waals surface area contributed by atoms with Gasteiger partial charge in [0.1, 0.15) is 0 Å². The highest BCUT2D eigenvalue weighted by Gasteiger charge is 2.12. The molecule has 0 aromatic heterocycles. The highest BCUT2D eigenvalue weighted by atomic mass is 32.2. The summed E-state index contributed by atoms with van der Waals surface area (Å²) in [7, 11) is 0. The molecule has 1 amide bonds. The fourth-order valence-electron chi connectivity index (χ4n) is 2.37. The summed E-state index contributed by atoms with van der Waals surface area (Å²) >= 11 is 1.31. The first-order valence-electron chi connectivity index (χ1n) is 6.86. The molecule has 0 bridgehead atoms. The van der Waals surface area contributed by atoms with Crippen LogP contribution in [0.3, 0.4) is 0 Å². The van der Waals surface area contributed by atoms with Crippen LogP contribution in [0, 0.1) is 0 Å². The van der Waals surface area contributed by atoms with Gasteiger partial charge in [0.25, 0.3) is 5.91 Å². The molecule has 1 aromatic carbocycles. The van der Waals surface area contributed by atoms with Gasteiger partial charge in [0.2, 0.25) is 0 Å². The molecule has 0 fully saturated rings. The molecular formula is C15H19NO3S. The summed E-state index contributed by atoms with van der Waals surface area (Å²) in [5.74, 6) is -0.206. The number of aryl methyl sites for hydroxylation is 2. The lowest BCUT2D eigenvalue weighted by atomic mass is 9.90. The number of amides is 1. The molecule has 1 aliphatic carbocycles. The third kappa shape index (κ3) is 4.27. The van der Waals surface area contributed by atoms with Crippen LogP contribution in [0.5, 0.6) is 0 Å². The number of carboxylic acid groups (broad SMARTS) is 1. The zero-order valence-electron chi connectivity index (χ0n) is 11.4. The van der Waals surface area contributed by atoms with Crippen LogP contribution >= 0.6 is 11.8 Å². The van der Waals surface area contributed by atoms with Crippen molar-refractivity contribution < 1.29 is 14.7 Å². The molecule has 0 unspecified atom stereocenters. The fourth-order valence-corrected chi connectivity index (χ4v) is 2.94. The van der Waals surface area contributed by atoms with E-state index in [1.165, 1.54) is 35.7 Å². The van der Waals surface area contributed by atoms with Crippen LogP contribution in [0.4, 0.5) is 0 Å². The summed E-state index contributed by atoms with van der Waals surface area (Å²) in [6.45, 7) is 0.494. The number of nitrogens with one attached hydrogen (secondary N) is 1. The van der Waals surface area contributed by atoms with Gasteiger partial charge in [-0.15, -0.1) is 11.8 Å². The van der Waals surface area contributed by atoms with Crippen molar-refractivity contribution in [3.8, 4) is 0 Å². The number of rotatable bonds is 6. The summed E-state index contributed by atoms with van der Waals surface area (Å²) < 4.78 is 0. The lowest BCUT2D eigenvalue weighted by Gasteiger charge is -2.16. The number of benzene rings is 1. The van der Waals surface area contributed by atoms with E-state index in [2.05, 4.69) is 11.4 Å². The van der Waals surface area contributed by atoms with Gasteiger partial charge in [-0.3, -0.25) is 9.59 Å². The van der Waals surface area contributed by atoms with Crippen molar-refractivity contribution in [2.75, 3.05) is 18.1 Å². The topological polar surface area (TPSA) is 66.4 Å². The minimum absolute atomic E-state index is 0.0747. The number of carbonyl (C=O) groups excluding carboxylic acids is 1. The van der Waals surface area contributed by atoms with E-state index in [1.54, 1.807) is 0 Å². The lowest BCUT2D eigenvalue weighted by molar-refractivity contribution is -0.133. The molecule has 0 aliphatic heterocycles. The van der Waals surface area contributed by atoms with Crippen LogP contribution in [0.1, 0.15) is 34.3 Å². The molecule has 0 saturated heterocycles. The second-order valence-electron chi connectivity index (χ2n) is 4.89. The number of thioether (sulfide) groups is 1. The van der Waals surface area contributed by atoms with E-state index in [1.807, 2.05) is 12.1 Å². The molecule has 0 heterocycles. The molecule has 1 aliphatic rings. The molecule has 1 aromatic rings. The van der Waals surface area contributed by atoms with E-state index in [0.717, 1.165) is 12.8 Å². The maximum Gasteiger partial charge on any atom is 0.313 e. The van der Waals surface area contributed by atoms with Gasteiger partial charge in [-0.25, -0.2) is 0 Å². The van der Waals surface area contributed by atoms with Gasteiger partial charge in [-0.2, -0.15) is 0 Å². The number of hydrogen-bond donors (Lipinski definition) is 2. The van der Waals surface area contributed by atoms with Gasteiger partial charge >= 0.3 is 5.97 Å². The molecule has 0 spiro atoms. The van der Waals surface area contributed by atoms with Crippen molar-refractivity contribution in [3.63, 3.8) is 0 Å². The van der Waals surface area contributed by atoms with Gasteiger partial charge < -0.3 is 10.4 Å². The first-order chi connectivity index (χ1) is 9.66. The van der Waals surface area contributed by atoms with Crippen molar-refractivity contribution in [3.05, 3.63) is 34.9 Å². The van der Waals surface area contributed by atoms with Gasteiger partial charge in [0.15, 0.2) is 0 Å². The highest BCUT2D eigenvalue weighted by molar-refractivity contribution is 7.99. The van der Waals surface area contributed by atoms with E-state index < -0.39 is 5.97 Å². The second-order valence-corrected chi connectivity index (χ2v) is 6.00. The Bertz CT molecular complexity index is 502. The maximum atomic E-state index is 12.0. The molecule has 20 heavy (non-hydrogen) atoms. The van der Waals surface area contributed by atoms with Crippen molar-refractivity contribution >= 4 is 23.6 Å². The van der Waals surface area contributed by atoms with Crippen molar-refractivity contribution in [2.24, 2.45) is 0 Å². The Labute approximate surface area is 123 Å².